The third-order valence-corrected chi connectivity index (χ3v) is 3.71. The standard InChI is InChI=1S/C14H20N2OS/c1-4-14(2,3)10-16-13(17)11-8-12(18-9-11)6-5-7-15/h8-9H,4,7,10,15H2,1-3H3,(H,16,17). The molecule has 1 rings (SSSR count). The molecule has 0 aliphatic carbocycles. The molecule has 0 aromatic carbocycles. The SMILES string of the molecule is CCC(C)(C)CNC(=O)c1csc(C#CCN)c1. The predicted molar refractivity (Wildman–Crippen MR) is 76.7 cm³/mol. The van der Waals surface area contributed by atoms with Gasteiger partial charge >= 0.3 is 0 Å². The second-order valence-electron chi connectivity index (χ2n) is 4.91. The van der Waals surface area contributed by atoms with Gasteiger partial charge in [0.05, 0.1) is 17.0 Å². The fraction of sp³-hybridized carbons (Fsp3) is 0.500. The quantitative estimate of drug-likeness (QED) is 0.819. The van der Waals surface area contributed by atoms with Gasteiger partial charge in [-0.1, -0.05) is 32.6 Å². The number of amides is 1. The van der Waals surface area contributed by atoms with E-state index in [0.717, 1.165) is 11.3 Å². The molecule has 0 aliphatic heterocycles. The Morgan fingerprint density at radius 2 is 2.28 bits per heavy atom. The molecule has 1 aromatic heterocycles. The highest BCUT2D eigenvalue weighted by Gasteiger charge is 2.17. The van der Waals surface area contributed by atoms with E-state index in [1.165, 1.54) is 11.3 Å². The van der Waals surface area contributed by atoms with E-state index in [1.807, 2.05) is 11.4 Å². The molecule has 0 saturated carbocycles. The van der Waals surface area contributed by atoms with Crippen molar-refractivity contribution in [2.24, 2.45) is 11.1 Å². The monoisotopic (exact) mass is 264 g/mol. The second kappa shape index (κ2) is 6.58. The maximum atomic E-state index is 11.9. The topological polar surface area (TPSA) is 55.1 Å². The summed E-state index contributed by atoms with van der Waals surface area (Å²) >= 11 is 1.47. The summed E-state index contributed by atoms with van der Waals surface area (Å²) in [6.07, 6.45) is 1.03. The summed E-state index contributed by atoms with van der Waals surface area (Å²) in [4.78, 5) is 12.8. The van der Waals surface area contributed by atoms with Crippen molar-refractivity contribution in [3.63, 3.8) is 0 Å². The molecule has 0 saturated heterocycles. The average Bonchev–Trinajstić information content (AvgIpc) is 2.82. The fourth-order valence-electron chi connectivity index (χ4n) is 1.21. The van der Waals surface area contributed by atoms with Gasteiger partial charge in [0.2, 0.25) is 0 Å². The normalized spacial score (nSPS) is 10.7. The molecular formula is C14H20N2OS. The summed E-state index contributed by atoms with van der Waals surface area (Å²) in [5.41, 5.74) is 6.11. The van der Waals surface area contributed by atoms with Crippen LogP contribution in [0.4, 0.5) is 0 Å². The highest BCUT2D eigenvalue weighted by atomic mass is 32.1. The lowest BCUT2D eigenvalue weighted by Crippen LogP contribution is -2.33. The van der Waals surface area contributed by atoms with E-state index in [1.54, 1.807) is 0 Å². The van der Waals surface area contributed by atoms with Crippen molar-refractivity contribution < 1.29 is 4.79 Å². The Bertz CT molecular complexity index is 466. The third-order valence-electron chi connectivity index (χ3n) is 2.86. The van der Waals surface area contributed by atoms with Crippen LogP contribution in [0.2, 0.25) is 0 Å². The van der Waals surface area contributed by atoms with Gasteiger partial charge in [0.25, 0.3) is 5.91 Å². The lowest BCUT2D eigenvalue weighted by Gasteiger charge is -2.22. The van der Waals surface area contributed by atoms with Crippen LogP contribution in [-0.4, -0.2) is 19.0 Å². The largest absolute Gasteiger partial charge is 0.351 e. The van der Waals surface area contributed by atoms with Crippen LogP contribution in [0.15, 0.2) is 11.4 Å². The number of rotatable bonds is 4. The van der Waals surface area contributed by atoms with Crippen LogP contribution in [0.1, 0.15) is 42.4 Å². The summed E-state index contributed by atoms with van der Waals surface area (Å²) in [6, 6.07) is 1.81. The summed E-state index contributed by atoms with van der Waals surface area (Å²) in [5.74, 6) is 5.67. The summed E-state index contributed by atoms with van der Waals surface area (Å²) < 4.78 is 0. The summed E-state index contributed by atoms with van der Waals surface area (Å²) in [6.45, 7) is 7.42. The van der Waals surface area contributed by atoms with Crippen LogP contribution in [0.5, 0.6) is 0 Å². The number of nitrogens with two attached hydrogens (primary N) is 1. The summed E-state index contributed by atoms with van der Waals surface area (Å²) in [5, 5.41) is 4.78. The van der Waals surface area contributed by atoms with Gasteiger partial charge in [-0.05, 0) is 17.9 Å². The van der Waals surface area contributed by atoms with Gasteiger partial charge in [-0.25, -0.2) is 0 Å². The Morgan fingerprint density at radius 3 is 2.89 bits per heavy atom. The molecule has 0 spiro atoms. The minimum atomic E-state index is -0.0337. The molecule has 4 heteroatoms. The van der Waals surface area contributed by atoms with Crippen molar-refractivity contribution in [3.8, 4) is 11.8 Å². The van der Waals surface area contributed by atoms with Crippen molar-refractivity contribution >= 4 is 17.2 Å². The first-order valence-electron chi connectivity index (χ1n) is 6.04. The van der Waals surface area contributed by atoms with E-state index in [2.05, 4.69) is 37.9 Å². The molecule has 3 N–H and O–H groups in total. The smallest absolute Gasteiger partial charge is 0.252 e. The van der Waals surface area contributed by atoms with Crippen LogP contribution in [0, 0.1) is 17.3 Å². The van der Waals surface area contributed by atoms with Crippen molar-refractivity contribution in [1.29, 1.82) is 0 Å². The number of nitrogens with one attached hydrogen (secondary N) is 1. The highest BCUT2D eigenvalue weighted by Crippen LogP contribution is 2.18. The van der Waals surface area contributed by atoms with Crippen LogP contribution < -0.4 is 11.1 Å². The van der Waals surface area contributed by atoms with Crippen LogP contribution in [0.25, 0.3) is 0 Å². The van der Waals surface area contributed by atoms with Crippen LogP contribution in [0.3, 0.4) is 0 Å². The maximum Gasteiger partial charge on any atom is 0.252 e. The third kappa shape index (κ3) is 4.52. The van der Waals surface area contributed by atoms with E-state index < -0.39 is 0 Å². The van der Waals surface area contributed by atoms with E-state index in [4.69, 9.17) is 5.73 Å². The lowest BCUT2D eigenvalue weighted by molar-refractivity contribution is 0.0936. The molecule has 0 bridgehead atoms. The zero-order chi connectivity index (χ0) is 13.6. The molecule has 1 aromatic rings. The van der Waals surface area contributed by atoms with Gasteiger partial charge < -0.3 is 11.1 Å². The van der Waals surface area contributed by atoms with Crippen LogP contribution in [-0.2, 0) is 0 Å². The molecule has 0 unspecified atom stereocenters. The van der Waals surface area contributed by atoms with E-state index >= 15 is 0 Å². The Balaban J connectivity index is 2.60. The van der Waals surface area contributed by atoms with Gasteiger partial charge in [-0.15, -0.1) is 11.3 Å². The zero-order valence-electron chi connectivity index (χ0n) is 11.2. The number of hydrogen-bond donors (Lipinski definition) is 2. The molecule has 1 amide bonds. The molecule has 98 valence electrons. The highest BCUT2D eigenvalue weighted by molar-refractivity contribution is 7.10. The molecule has 0 radical (unpaired) electrons. The molecule has 0 fully saturated rings. The van der Waals surface area contributed by atoms with Gasteiger partial charge in [0.15, 0.2) is 0 Å². The number of hydrogen-bond acceptors (Lipinski definition) is 3. The number of carbonyl (C=O) groups is 1. The molecule has 1 heterocycles. The average molecular weight is 264 g/mol. The fourth-order valence-corrected chi connectivity index (χ4v) is 1.96. The van der Waals surface area contributed by atoms with Crippen molar-refractivity contribution in [2.75, 3.05) is 13.1 Å². The Labute approximate surface area is 113 Å². The number of thiophene rings is 1. The molecule has 3 nitrogen and oxygen atoms in total. The summed E-state index contributed by atoms with van der Waals surface area (Å²) in [7, 11) is 0. The van der Waals surface area contributed by atoms with E-state index in [0.29, 0.717) is 18.7 Å². The first-order valence-corrected chi connectivity index (χ1v) is 6.92. The van der Waals surface area contributed by atoms with Crippen molar-refractivity contribution in [1.82, 2.24) is 5.32 Å². The Hall–Kier alpha value is -1.31. The lowest BCUT2D eigenvalue weighted by atomic mass is 9.90. The van der Waals surface area contributed by atoms with Gasteiger partial charge in [0, 0.05) is 11.9 Å². The molecule has 18 heavy (non-hydrogen) atoms. The van der Waals surface area contributed by atoms with E-state index in [9.17, 15) is 4.79 Å². The first-order chi connectivity index (χ1) is 8.48. The minimum Gasteiger partial charge on any atom is -0.351 e. The van der Waals surface area contributed by atoms with E-state index in [-0.39, 0.29) is 11.3 Å². The molecule has 0 aliphatic rings. The molecular weight excluding hydrogens is 244 g/mol. The second-order valence-corrected chi connectivity index (χ2v) is 5.82. The zero-order valence-corrected chi connectivity index (χ0v) is 12.0. The Morgan fingerprint density at radius 1 is 1.56 bits per heavy atom. The molecule has 0 atom stereocenters. The van der Waals surface area contributed by atoms with Gasteiger partial charge in [0.1, 0.15) is 0 Å². The first kappa shape index (κ1) is 14.7. The number of carbonyl (C=O) groups excluding carboxylic acids is 1. The van der Waals surface area contributed by atoms with Gasteiger partial charge in [-0.3, -0.25) is 4.79 Å². The maximum absolute atomic E-state index is 11.9. The van der Waals surface area contributed by atoms with Gasteiger partial charge in [-0.2, -0.15) is 0 Å². The minimum absolute atomic E-state index is 0.0337. The Kier molecular flexibility index (Phi) is 5.39. The van der Waals surface area contributed by atoms with Crippen molar-refractivity contribution in [2.45, 2.75) is 27.2 Å². The van der Waals surface area contributed by atoms with Crippen LogP contribution >= 0.6 is 11.3 Å². The van der Waals surface area contributed by atoms with Crippen molar-refractivity contribution in [3.05, 3.63) is 21.9 Å². The predicted octanol–water partition coefficient (Wildman–Crippen LogP) is 2.22.